The van der Waals surface area contributed by atoms with Gasteiger partial charge in [-0.05, 0) is 24.1 Å². The average molecular weight is 279 g/mol. The van der Waals surface area contributed by atoms with Crippen LogP contribution in [0.3, 0.4) is 0 Å². The summed E-state index contributed by atoms with van der Waals surface area (Å²) >= 11 is 0. The Morgan fingerprint density at radius 1 is 1.10 bits per heavy atom. The molecule has 0 aliphatic rings. The molecular weight excluding hydrogens is 262 g/mol. The van der Waals surface area contributed by atoms with Gasteiger partial charge in [-0.3, -0.25) is 9.36 Å². The van der Waals surface area contributed by atoms with Gasteiger partial charge in [0, 0.05) is 6.20 Å². The first-order chi connectivity index (χ1) is 10.3. The molecular formula is C17H17N3O. The van der Waals surface area contributed by atoms with Crippen molar-refractivity contribution in [3.63, 3.8) is 0 Å². The number of benzene rings is 1. The summed E-state index contributed by atoms with van der Waals surface area (Å²) in [5.74, 6) is 0. The Hall–Kier alpha value is -2.49. The Morgan fingerprint density at radius 3 is 2.67 bits per heavy atom. The van der Waals surface area contributed by atoms with Crippen molar-refractivity contribution in [2.24, 2.45) is 0 Å². The van der Waals surface area contributed by atoms with Gasteiger partial charge in [-0.25, -0.2) is 9.97 Å². The zero-order valence-corrected chi connectivity index (χ0v) is 12.0. The molecule has 3 aromatic rings. The maximum Gasteiger partial charge on any atom is 0.274 e. The summed E-state index contributed by atoms with van der Waals surface area (Å²) in [6.07, 6.45) is 3.29. The lowest BCUT2D eigenvalue weighted by molar-refractivity contribution is 0.742. The molecule has 0 N–H and O–H groups in total. The largest absolute Gasteiger partial charge is 0.285 e. The summed E-state index contributed by atoms with van der Waals surface area (Å²) in [5.41, 5.74) is 3.09. The Balaban J connectivity index is 2.19. The monoisotopic (exact) mass is 279 g/mol. The molecule has 0 bridgehead atoms. The Labute approximate surface area is 123 Å². The van der Waals surface area contributed by atoms with E-state index in [1.54, 1.807) is 10.8 Å². The fourth-order valence-electron chi connectivity index (χ4n) is 2.44. The molecule has 0 amide bonds. The van der Waals surface area contributed by atoms with Crippen LogP contribution in [0, 0.1) is 0 Å². The molecule has 0 spiro atoms. The van der Waals surface area contributed by atoms with Gasteiger partial charge in [0.15, 0.2) is 5.65 Å². The van der Waals surface area contributed by atoms with Crippen LogP contribution in [0.4, 0.5) is 0 Å². The van der Waals surface area contributed by atoms with Crippen LogP contribution in [-0.4, -0.2) is 14.5 Å². The topological polar surface area (TPSA) is 47.8 Å². The maximum atomic E-state index is 12.6. The third kappa shape index (κ3) is 2.70. The van der Waals surface area contributed by atoms with Gasteiger partial charge in [-0.2, -0.15) is 0 Å². The Bertz CT molecular complexity index is 809. The lowest BCUT2D eigenvalue weighted by Crippen LogP contribution is -2.26. The molecule has 3 rings (SSSR count). The number of aryl methyl sites for hydroxylation is 1. The minimum Gasteiger partial charge on any atom is -0.285 e. The zero-order chi connectivity index (χ0) is 14.7. The van der Waals surface area contributed by atoms with E-state index < -0.39 is 0 Å². The van der Waals surface area contributed by atoms with Gasteiger partial charge in [0.1, 0.15) is 11.2 Å². The second kappa shape index (κ2) is 5.87. The summed E-state index contributed by atoms with van der Waals surface area (Å²) < 4.78 is 1.72. The van der Waals surface area contributed by atoms with Crippen molar-refractivity contribution in [1.82, 2.24) is 14.5 Å². The van der Waals surface area contributed by atoms with E-state index in [0.29, 0.717) is 24.3 Å². The number of hydrogen-bond acceptors (Lipinski definition) is 3. The van der Waals surface area contributed by atoms with Gasteiger partial charge in [-0.1, -0.05) is 43.7 Å². The second-order valence-corrected chi connectivity index (χ2v) is 5.03. The SMILES string of the molecule is CCCc1nc2cccnc2n(Cc2ccccc2)c1=O. The molecule has 0 saturated carbocycles. The highest BCUT2D eigenvalue weighted by atomic mass is 16.1. The number of pyridine rings is 1. The summed E-state index contributed by atoms with van der Waals surface area (Å²) in [6, 6.07) is 13.7. The molecule has 0 aliphatic heterocycles. The molecule has 106 valence electrons. The molecule has 0 unspecified atom stereocenters. The first kappa shape index (κ1) is 13.5. The van der Waals surface area contributed by atoms with E-state index in [9.17, 15) is 4.79 Å². The number of hydrogen-bond donors (Lipinski definition) is 0. The van der Waals surface area contributed by atoms with Crippen molar-refractivity contribution >= 4 is 11.2 Å². The minimum absolute atomic E-state index is 0.0353. The first-order valence-corrected chi connectivity index (χ1v) is 7.18. The van der Waals surface area contributed by atoms with Crippen LogP contribution in [0.2, 0.25) is 0 Å². The van der Waals surface area contributed by atoms with Crippen LogP contribution >= 0.6 is 0 Å². The Morgan fingerprint density at radius 2 is 1.90 bits per heavy atom. The maximum absolute atomic E-state index is 12.6. The summed E-state index contributed by atoms with van der Waals surface area (Å²) in [4.78, 5) is 21.4. The van der Waals surface area contributed by atoms with E-state index >= 15 is 0 Å². The predicted molar refractivity (Wildman–Crippen MR) is 83.3 cm³/mol. The number of rotatable bonds is 4. The molecule has 4 nitrogen and oxygen atoms in total. The standard InChI is InChI=1S/C17H17N3O/c1-2-7-15-17(21)20(12-13-8-4-3-5-9-13)16-14(19-15)10-6-11-18-16/h3-6,8-11H,2,7,12H2,1H3. The third-order valence-corrected chi connectivity index (χ3v) is 3.44. The van der Waals surface area contributed by atoms with E-state index in [0.717, 1.165) is 17.5 Å². The fraction of sp³-hybridized carbons (Fsp3) is 0.235. The van der Waals surface area contributed by atoms with Crippen LogP contribution in [0.15, 0.2) is 53.5 Å². The number of fused-ring (bicyclic) bond motifs is 1. The molecule has 2 aromatic heterocycles. The van der Waals surface area contributed by atoms with Gasteiger partial charge in [0.25, 0.3) is 5.56 Å². The van der Waals surface area contributed by atoms with E-state index in [1.165, 1.54) is 0 Å². The van der Waals surface area contributed by atoms with Crippen LogP contribution in [0.5, 0.6) is 0 Å². The van der Waals surface area contributed by atoms with Crippen molar-refractivity contribution in [1.29, 1.82) is 0 Å². The van der Waals surface area contributed by atoms with Crippen molar-refractivity contribution in [2.45, 2.75) is 26.3 Å². The molecule has 0 radical (unpaired) electrons. The number of aromatic nitrogens is 3. The van der Waals surface area contributed by atoms with Gasteiger partial charge >= 0.3 is 0 Å². The molecule has 2 heterocycles. The van der Waals surface area contributed by atoms with Gasteiger partial charge in [-0.15, -0.1) is 0 Å². The third-order valence-electron chi connectivity index (χ3n) is 3.44. The normalized spacial score (nSPS) is 10.9. The highest BCUT2D eigenvalue weighted by Gasteiger charge is 2.11. The van der Waals surface area contributed by atoms with E-state index in [2.05, 4.69) is 16.9 Å². The highest BCUT2D eigenvalue weighted by molar-refractivity contribution is 5.69. The van der Waals surface area contributed by atoms with Crippen LogP contribution in [0.25, 0.3) is 11.2 Å². The number of nitrogens with zero attached hydrogens (tertiary/aromatic N) is 3. The van der Waals surface area contributed by atoms with E-state index in [-0.39, 0.29) is 5.56 Å². The van der Waals surface area contributed by atoms with Crippen molar-refractivity contribution in [3.8, 4) is 0 Å². The summed E-state index contributed by atoms with van der Waals surface area (Å²) in [6.45, 7) is 2.57. The fourth-order valence-corrected chi connectivity index (χ4v) is 2.44. The molecule has 4 heteroatoms. The molecule has 0 atom stereocenters. The van der Waals surface area contributed by atoms with Gasteiger partial charge in [0.05, 0.1) is 6.54 Å². The molecule has 0 fully saturated rings. The van der Waals surface area contributed by atoms with Gasteiger partial charge < -0.3 is 0 Å². The highest BCUT2D eigenvalue weighted by Crippen LogP contribution is 2.10. The van der Waals surface area contributed by atoms with Crippen molar-refractivity contribution in [2.75, 3.05) is 0 Å². The van der Waals surface area contributed by atoms with Crippen LogP contribution in [0.1, 0.15) is 24.6 Å². The second-order valence-electron chi connectivity index (χ2n) is 5.03. The quantitative estimate of drug-likeness (QED) is 0.738. The van der Waals surface area contributed by atoms with Crippen LogP contribution < -0.4 is 5.56 Å². The first-order valence-electron chi connectivity index (χ1n) is 7.18. The van der Waals surface area contributed by atoms with E-state index in [4.69, 9.17) is 0 Å². The van der Waals surface area contributed by atoms with Gasteiger partial charge in [0.2, 0.25) is 0 Å². The average Bonchev–Trinajstić information content (AvgIpc) is 2.52. The van der Waals surface area contributed by atoms with Crippen molar-refractivity contribution < 1.29 is 0 Å². The summed E-state index contributed by atoms with van der Waals surface area (Å²) in [5, 5.41) is 0. The summed E-state index contributed by atoms with van der Waals surface area (Å²) in [7, 11) is 0. The Kier molecular flexibility index (Phi) is 3.77. The minimum atomic E-state index is -0.0353. The molecule has 1 aromatic carbocycles. The van der Waals surface area contributed by atoms with E-state index in [1.807, 2.05) is 42.5 Å². The van der Waals surface area contributed by atoms with Crippen LogP contribution in [-0.2, 0) is 13.0 Å². The molecule has 21 heavy (non-hydrogen) atoms. The molecule has 0 aliphatic carbocycles. The zero-order valence-electron chi connectivity index (χ0n) is 12.0. The van der Waals surface area contributed by atoms with Crippen molar-refractivity contribution in [3.05, 3.63) is 70.3 Å². The smallest absolute Gasteiger partial charge is 0.274 e. The molecule has 0 saturated heterocycles. The lowest BCUT2D eigenvalue weighted by atomic mass is 10.2. The predicted octanol–water partition coefficient (Wildman–Crippen LogP) is 2.79. The lowest BCUT2D eigenvalue weighted by Gasteiger charge is -2.11.